The molecule has 246 valence electrons. The first-order valence-corrected chi connectivity index (χ1v) is 14.7. The maximum Gasteiger partial charge on any atom is 0.422 e. The SMILES string of the molecule is COc1cc(-c2ccc(F)c(OCC(F)(F)F)c2)c(F)cc1N(C(=O)N(C)C(C)(C)C)c1ccc(S(=O)Nc2nocc2C)cn1. The van der Waals surface area contributed by atoms with Gasteiger partial charge in [0, 0.05) is 36.0 Å². The van der Waals surface area contributed by atoms with E-state index >= 15 is 4.39 Å². The smallest absolute Gasteiger partial charge is 0.422 e. The van der Waals surface area contributed by atoms with Crippen LogP contribution in [-0.2, 0) is 11.0 Å². The molecule has 0 aliphatic heterocycles. The number of hydrogen-bond donors (Lipinski definition) is 1. The van der Waals surface area contributed by atoms with Gasteiger partial charge >= 0.3 is 12.2 Å². The van der Waals surface area contributed by atoms with Crippen molar-refractivity contribution in [1.82, 2.24) is 15.0 Å². The van der Waals surface area contributed by atoms with Crippen molar-refractivity contribution in [2.45, 2.75) is 44.3 Å². The number of urea groups is 1. The zero-order valence-corrected chi connectivity index (χ0v) is 26.3. The van der Waals surface area contributed by atoms with Gasteiger partial charge in [-0.15, -0.1) is 0 Å². The number of nitrogens with one attached hydrogen (secondary N) is 1. The van der Waals surface area contributed by atoms with Gasteiger partial charge in [-0.1, -0.05) is 11.2 Å². The molecule has 0 bridgehead atoms. The Labute approximate surface area is 263 Å². The molecule has 0 fully saturated rings. The summed E-state index contributed by atoms with van der Waals surface area (Å²) in [7, 11) is 1.02. The lowest BCUT2D eigenvalue weighted by Gasteiger charge is -2.36. The van der Waals surface area contributed by atoms with Gasteiger partial charge in [0.05, 0.1) is 17.7 Å². The number of ether oxygens (including phenoxy) is 2. The summed E-state index contributed by atoms with van der Waals surface area (Å²) < 4.78 is 98.6. The van der Waals surface area contributed by atoms with E-state index in [-0.39, 0.29) is 39.1 Å². The summed E-state index contributed by atoms with van der Waals surface area (Å²) >= 11 is 0. The maximum absolute atomic E-state index is 15.8. The van der Waals surface area contributed by atoms with Gasteiger partial charge in [-0.3, -0.25) is 4.72 Å². The monoisotopic (exact) mass is 667 g/mol. The number of amides is 2. The number of carbonyl (C=O) groups is 1. The van der Waals surface area contributed by atoms with Crippen molar-refractivity contribution in [2.24, 2.45) is 0 Å². The van der Waals surface area contributed by atoms with E-state index in [0.717, 1.165) is 23.1 Å². The third-order valence-electron chi connectivity index (χ3n) is 6.73. The van der Waals surface area contributed by atoms with Crippen LogP contribution in [0.25, 0.3) is 11.1 Å². The number of pyridine rings is 1. The van der Waals surface area contributed by atoms with Gasteiger partial charge < -0.3 is 18.9 Å². The number of aryl methyl sites for hydroxylation is 1. The first kappa shape index (κ1) is 34.1. The van der Waals surface area contributed by atoms with Gasteiger partial charge in [0.25, 0.3) is 0 Å². The maximum atomic E-state index is 15.8. The highest BCUT2D eigenvalue weighted by molar-refractivity contribution is 7.86. The molecule has 2 amide bonds. The molecule has 4 aromatic rings. The predicted molar refractivity (Wildman–Crippen MR) is 160 cm³/mol. The fourth-order valence-electron chi connectivity index (χ4n) is 3.95. The van der Waals surface area contributed by atoms with Crippen molar-refractivity contribution in [3.63, 3.8) is 0 Å². The van der Waals surface area contributed by atoms with E-state index < -0.39 is 52.7 Å². The molecule has 0 saturated heterocycles. The number of carbonyl (C=O) groups excluding carboxylic acids is 1. The Morgan fingerprint density at radius 2 is 1.76 bits per heavy atom. The van der Waals surface area contributed by atoms with Crippen LogP contribution < -0.4 is 19.1 Å². The molecule has 46 heavy (non-hydrogen) atoms. The average molecular weight is 668 g/mol. The lowest BCUT2D eigenvalue weighted by atomic mass is 10.0. The highest BCUT2D eigenvalue weighted by atomic mass is 32.2. The Kier molecular flexibility index (Phi) is 9.89. The first-order chi connectivity index (χ1) is 21.5. The number of alkyl halides is 3. The van der Waals surface area contributed by atoms with Crippen LogP contribution in [0, 0.1) is 18.6 Å². The largest absolute Gasteiger partial charge is 0.495 e. The highest BCUT2D eigenvalue weighted by Gasteiger charge is 2.33. The summed E-state index contributed by atoms with van der Waals surface area (Å²) in [6.45, 7) is 5.32. The number of methoxy groups -OCH3 is 1. The topological polar surface area (TPSA) is 110 Å². The van der Waals surface area contributed by atoms with Crippen LogP contribution in [0.5, 0.6) is 11.5 Å². The zero-order chi connectivity index (χ0) is 34.0. The summed E-state index contributed by atoms with van der Waals surface area (Å²) in [4.78, 5) is 21.0. The van der Waals surface area contributed by atoms with E-state index in [4.69, 9.17) is 9.26 Å². The minimum Gasteiger partial charge on any atom is -0.495 e. The van der Waals surface area contributed by atoms with Crippen LogP contribution in [0.4, 0.5) is 44.1 Å². The molecular formula is C30H30F5N5O5S. The fraction of sp³-hybridized carbons (Fsp3) is 0.300. The third kappa shape index (κ3) is 7.73. The van der Waals surface area contributed by atoms with Crippen molar-refractivity contribution >= 4 is 34.3 Å². The van der Waals surface area contributed by atoms with Crippen molar-refractivity contribution in [2.75, 3.05) is 30.4 Å². The van der Waals surface area contributed by atoms with E-state index in [1.165, 1.54) is 48.7 Å². The van der Waals surface area contributed by atoms with E-state index in [9.17, 15) is 26.6 Å². The lowest BCUT2D eigenvalue weighted by molar-refractivity contribution is -0.153. The molecule has 0 aliphatic carbocycles. The molecule has 0 spiro atoms. The molecule has 0 radical (unpaired) electrons. The summed E-state index contributed by atoms with van der Waals surface area (Å²) in [5.41, 5.74) is -0.309. The Balaban J connectivity index is 1.77. The number of hydrogen-bond acceptors (Lipinski definition) is 7. The first-order valence-electron chi connectivity index (χ1n) is 13.5. The second-order valence-electron chi connectivity index (χ2n) is 11.0. The number of halogens is 5. The molecule has 2 aromatic heterocycles. The molecule has 0 aliphatic rings. The number of nitrogens with zero attached hydrogens (tertiary/aromatic N) is 4. The van der Waals surface area contributed by atoms with Gasteiger partial charge in [0.2, 0.25) is 0 Å². The van der Waals surface area contributed by atoms with E-state index in [1.54, 1.807) is 34.7 Å². The van der Waals surface area contributed by atoms with Gasteiger partial charge in [-0.25, -0.2) is 27.7 Å². The van der Waals surface area contributed by atoms with Crippen LogP contribution >= 0.6 is 0 Å². The molecule has 0 saturated carbocycles. The van der Waals surface area contributed by atoms with Crippen LogP contribution in [0.3, 0.4) is 0 Å². The minimum atomic E-state index is -4.72. The number of aromatic nitrogens is 2. The molecule has 4 rings (SSSR count). The predicted octanol–water partition coefficient (Wildman–Crippen LogP) is 7.40. The number of rotatable bonds is 9. The molecule has 1 unspecified atom stereocenters. The standard InChI is InChI=1S/C30H30F5N5O5S/c1-17-15-45-37-27(17)38-46(42)19-8-10-26(36-14-19)40(28(41)39(5)29(2,3)4)23-13-22(32)20(12-25(23)43-6)18-7-9-21(31)24(11-18)44-16-30(33,34)35/h7-15H,16H2,1-6H3,(H,37,38). The molecule has 16 heteroatoms. The Bertz CT molecular complexity index is 1740. The molecule has 2 aromatic carbocycles. The second kappa shape index (κ2) is 13.3. The molecule has 10 nitrogen and oxygen atoms in total. The van der Waals surface area contributed by atoms with Crippen molar-refractivity contribution in [3.05, 3.63) is 72.1 Å². The Morgan fingerprint density at radius 3 is 2.33 bits per heavy atom. The van der Waals surface area contributed by atoms with Gasteiger partial charge in [-0.05, 0) is 63.6 Å². The van der Waals surface area contributed by atoms with Gasteiger partial charge in [0.1, 0.15) is 23.6 Å². The van der Waals surface area contributed by atoms with Crippen LogP contribution in [0.2, 0.25) is 0 Å². The molecular weight excluding hydrogens is 637 g/mol. The average Bonchev–Trinajstić information content (AvgIpc) is 3.39. The van der Waals surface area contributed by atoms with Gasteiger partial charge in [-0.2, -0.15) is 13.2 Å². The molecule has 2 heterocycles. The summed E-state index contributed by atoms with van der Waals surface area (Å²) in [5.74, 6) is -2.44. The quantitative estimate of drug-likeness (QED) is 0.185. The van der Waals surface area contributed by atoms with Crippen LogP contribution in [0.1, 0.15) is 26.3 Å². The molecule has 1 atom stereocenters. The minimum absolute atomic E-state index is 0.00887. The van der Waals surface area contributed by atoms with E-state index in [0.29, 0.717) is 5.56 Å². The second-order valence-corrected chi connectivity index (χ2v) is 12.2. The summed E-state index contributed by atoms with van der Waals surface area (Å²) in [5, 5.41) is 3.74. The lowest BCUT2D eigenvalue weighted by Crippen LogP contribution is -2.48. The number of anilines is 3. The van der Waals surface area contributed by atoms with Crippen molar-refractivity contribution in [1.29, 1.82) is 0 Å². The summed E-state index contributed by atoms with van der Waals surface area (Å²) in [6, 6.07) is 7.40. The third-order valence-corrected chi connectivity index (χ3v) is 7.78. The normalized spacial score (nSPS) is 12.4. The Morgan fingerprint density at radius 1 is 1.04 bits per heavy atom. The van der Waals surface area contributed by atoms with E-state index in [1.807, 2.05) is 0 Å². The van der Waals surface area contributed by atoms with E-state index in [2.05, 4.69) is 19.6 Å². The zero-order valence-electron chi connectivity index (χ0n) is 25.5. The summed E-state index contributed by atoms with van der Waals surface area (Å²) in [6.07, 6.45) is -2.07. The van der Waals surface area contributed by atoms with Crippen molar-refractivity contribution in [3.8, 4) is 22.6 Å². The number of benzene rings is 2. The van der Waals surface area contributed by atoms with Gasteiger partial charge in [0.15, 0.2) is 35.0 Å². The van der Waals surface area contributed by atoms with Crippen LogP contribution in [0.15, 0.2) is 64.3 Å². The van der Waals surface area contributed by atoms with Crippen LogP contribution in [-0.4, -0.2) is 57.8 Å². The Hall–Kier alpha value is -4.73. The molecule has 1 N–H and O–H groups in total. The highest BCUT2D eigenvalue weighted by Crippen LogP contribution is 2.40. The van der Waals surface area contributed by atoms with Crippen molar-refractivity contribution < 1.29 is 45.0 Å². The fourth-order valence-corrected chi connectivity index (χ4v) is 4.78.